The van der Waals surface area contributed by atoms with Crippen molar-refractivity contribution in [1.29, 1.82) is 0 Å². The molecule has 28 heavy (non-hydrogen) atoms. The van der Waals surface area contributed by atoms with Gasteiger partial charge in [-0.2, -0.15) is 5.10 Å². The van der Waals surface area contributed by atoms with Crippen LogP contribution < -0.4 is 4.90 Å². The van der Waals surface area contributed by atoms with Crippen molar-refractivity contribution in [1.82, 2.24) is 14.7 Å². The minimum absolute atomic E-state index is 0.0173. The maximum atomic E-state index is 13.2. The van der Waals surface area contributed by atoms with Crippen molar-refractivity contribution in [3.63, 3.8) is 0 Å². The van der Waals surface area contributed by atoms with E-state index in [1.54, 1.807) is 10.7 Å². The van der Waals surface area contributed by atoms with Gasteiger partial charge in [0.1, 0.15) is 5.69 Å². The van der Waals surface area contributed by atoms with Gasteiger partial charge in [0.05, 0.1) is 11.4 Å². The molecular formula is C21H20Cl2N4O. The average molecular weight is 415 g/mol. The van der Waals surface area contributed by atoms with E-state index in [-0.39, 0.29) is 5.91 Å². The van der Waals surface area contributed by atoms with Gasteiger partial charge < -0.3 is 9.80 Å². The molecule has 144 valence electrons. The Morgan fingerprint density at radius 3 is 2.29 bits per heavy atom. The molecule has 1 aliphatic heterocycles. The molecule has 4 rings (SSSR count). The number of carbonyl (C=O) groups is 1. The van der Waals surface area contributed by atoms with Gasteiger partial charge in [0.2, 0.25) is 0 Å². The Labute approximate surface area is 174 Å². The number of hydrogen-bond donors (Lipinski definition) is 0. The second-order valence-corrected chi connectivity index (χ2v) is 7.69. The molecule has 0 radical (unpaired) electrons. The molecule has 0 N–H and O–H groups in total. The first-order valence-corrected chi connectivity index (χ1v) is 9.89. The molecule has 0 aliphatic carbocycles. The predicted octanol–water partition coefficient (Wildman–Crippen LogP) is 4.45. The Morgan fingerprint density at radius 2 is 1.61 bits per heavy atom. The molecule has 0 unspecified atom stereocenters. The molecule has 2 aromatic carbocycles. The van der Waals surface area contributed by atoms with Crippen LogP contribution in [-0.2, 0) is 0 Å². The summed E-state index contributed by atoms with van der Waals surface area (Å²) in [5.74, 6) is -0.0173. The van der Waals surface area contributed by atoms with E-state index in [2.05, 4.69) is 10.00 Å². The molecule has 1 amide bonds. The van der Waals surface area contributed by atoms with Gasteiger partial charge in [-0.3, -0.25) is 4.79 Å². The molecule has 1 fully saturated rings. The van der Waals surface area contributed by atoms with Crippen molar-refractivity contribution in [2.75, 3.05) is 31.1 Å². The van der Waals surface area contributed by atoms with Crippen LogP contribution in [0.2, 0.25) is 10.0 Å². The number of piperazine rings is 1. The monoisotopic (exact) mass is 414 g/mol. The molecule has 7 heteroatoms. The molecule has 0 saturated carbocycles. The zero-order valence-electron chi connectivity index (χ0n) is 15.5. The summed E-state index contributed by atoms with van der Waals surface area (Å²) in [5, 5.41) is 5.83. The van der Waals surface area contributed by atoms with Crippen LogP contribution in [0.15, 0.2) is 54.6 Å². The number of nitrogens with zero attached hydrogens (tertiary/aromatic N) is 4. The number of amides is 1. The van der Waals surface area contributed by atoms with Crippen molar-refractivity contribution < 1.29 is 4.79 Å². The first kappa shape index (κ1) is 18.8. The summed E-state index contributed by atoms with van der Waals surface area (Å²) in [6, 6.07) is 17.0. The summed E-state index contributed by atoms with van der Waals surface area (Å²) in [7, 11) is 0. The Balaban J connectivity index is 1.51. The zero-order valence-corrected chi connectivity index (χ0v) is 17.0. The molecule has 1 saturated heterocycles. The number of anilines is 1. The summed E-state index contributed by atoms with van der Waals surface area (Å²) < 4.78 is 1.68. The highest BCUT2D eigenvalue weighted by atomic mass is 35.5. The Morgan fingerprint density at radius 1 is 0.893 bits per heavy atom. The summed E-state index contributed by atoms with van der Waals surface area (Å²) >= 11 is 12.1. The van der Waals surface area contributed by atoms with Gasteiger partial charge in [0.25, 0.3) is 5.91 Å². The van der Waals surface area contributed by atoms with Crippen LogP contribution in [0.3, 0.4) is 0 Å². The summed E-state index contributed by atoms with van der Waals surface area (Å²) in [4.78, 5) is 17.3. The Bertz CT molecular complexity index is 992. The fraction of sp³-hybridized carbons (Fsp3) is 0.238. The van der Waals surface area contributed by atoms with Crippen molar-refractivity contribution in [2.24, 2.45) is 0 Å². The minimum Gasteiger partial charge on any atom is -0.368 e. The van der Waals surface area contributed by atoms with Gasteiger partial charge in [0, 0.05) is 41.9 Å². The third-order valence-corrected chi connectivity index (χ3v) is 5.35. The van der Waals surface area contributed by atoms with Crippen molar-refractivity contribution >= 4 is 34.8 Å². The molecule has 0 bridgehead atoms. The highest BCUT2D eigenvalue weighted by Crippen LogP contribution is 2.22. The lowest BCUT2D eigenvalue weighted by Gasteiger charge is -2.36. The molecule has 1 aliphatic rings. The van der Waals surface area contributed by atoms with Crippen molar-refractivity contribution in [3.05, 3.63) is 76.0 Å². The quantitative estimate of drug-likeness (QED) is 0.635. The first-order chi connectivity index (χ1) is 13.5. The second-order valence-electron chi connectivity index (χ2n) is 6.82. The molecule has 1 aromatic heterocycles. The normalized spacial score (nSPS) is 14.4. The van der Waals surface area contributed by atoms with E-state index < -0.39 is 0 Å². The Kier molecular flexibility index (Phi) is 5.29. The first-order valence-electron chi connectivity index (χ1n) is 9.14. The van der Waals surface area contributed by atoms with Crippen LogP contribution in [-0.4, -0.2) is 46.8 Å². The van der Waals surface area contributed by atoms with Crippen molar-refractivity contribution in [3.8, 4) is 5.69 Å². The SMILES string of the molecule is Cc1cc(C(=O)N2CCN(c3ccc(Cl)cc3)CC2)n(-c2cccc(Cl)c2)n1. The van der Waals surface area contributed by atoms with E-state index in [0.717, 1.165) is 35.2 Å². The second kappa shape index (κ2) is 7.86. The van der Waals surface area contributed by atoms with E-state index in [1.165, 1.54) is 0 Å². The van der Waals surface area contributed by atoms with Gasteiger partial charge in [0.15, 0.2) is 0 Å². The molecule has 2 heterocycles. The minimum atomic E-state index is -0.0173. The summed E-state index contributed by atoms with van der Waals surface area (Å²) in [6.07, 6.45) is 0. The van der Waals surface area contributed by atoms with Crippen LogP contribution in [0.25, 0.3) is 5.69 Å². The average Bonchev–Trinajstić information content (AvgIpc) is 3.10. The maximum Gasteiger partial charge on any atom is 0.272 e. The number of carbonyl (C=O) groups excluding carboxylic acids is 1. The molecule has 3 aromatic rings. The molecule has 0 spiro atoms. The van der Waals surface area contributed by atoms with Gasteiger partial charge in [-0.1, -0.05) is 29.3 Å². The van der Waals surface area contributed by atoms with Crippen LogP contribution in [0.5, 0.6) is 0 Å². The van der Waals surface area contributed by atoms with E-state index in [4.69, 9.17) is 23.2 Å². The predicted molar refractivity (Wildman–Crippen MR) is 113 cm³/mol. The number of hydrogen-bond acceptors (Lipinski definition) is 3. The van der Waals surface area contributed by atoms with E-state index in [9.17, 15) is 4.79 Å². The van der Waals surface area contributed by atoms with Gasteiger partial charge in [-0.05, 0) is 55.5 Å². The number of aryl methyl sites for hydroxylation is 1. The zero-order chi connectivity index (χ0) is 19.7. The standard InChI is InChI=1S/C21H20Cl2N4O/c1-15-13-20(27(24-15)19-4-2-3-17(23)14-19)21(28)26-11-9-25(10-12-26)18-7-5-16(22)6-8-18/h2-8,13-14H,9-12H2,1H3. The molecular weight excluding hydrogens is 395 g/mol. The van der Waals surface area contributed by atoms with Crippen LogP contribution >= 0.6 is 23.2 Å². The third-order valence-electron chi connectivity index (χ3n) is 4.86. The highest BCUT2D eigenvalue weighted by molar-refractivity contribution is 6.31. The van der Waals surface area contributed by atoms with E-state index >= 15 is 0 Å². The van der Waals surface area contributed by atoms with Crippen LogP contribution in [0, 0.1) is 6.92 Å². The van der Waals surface area contributed by atoms with Crippen LogP contribution in [0.1, 0.15) is 16.2 Å². The van der Waals surface area contributed by atoms with Gasteiger partial charge >= 0.3 is 0 Å². The summed E-state index contributed by atoms with van der Waals surface area (Å²) in [6.45, 7) is 4.74. The lowest BCUT2D eigenvalue weighted by molar-refractivity contribution is 0.0737. The summed E-state index contributed by atoms with van der Waals surface area (Å²) in [5.41, 5.74) is 3.25. The molecule has 0 atom stereocenters. The topological polar surface area (TPSA) is 41.4 Å². The largest absolute Gasteiger partial charge is 0.368 e. The highest BCUT2D eigenvalue weighted by Gasteiger charge is 2.25. The lowest BCUT2D eigenvalue weighted by atomic mass is 10.2. The number of benzene rings is 2. The smallest absolute Gasteiger partial charge is 0.272 e. The fourth-order valence-corrected chi connectivity index (χ4v) is 3.75. The third kappa shape index (κ3) is 3.86. The Hall–Kier alpha value is -2.50. The number of rotatable bonds is 3. The molecule has 5 nitrogen and oxygen atoms in total. The van der Waals surface area contributed by atoms with Crippen LogP contribution in [0.4, 0.5) is 5.69 Å². The number of aromatic nitrogens is 2. The van der Waals surface area contributed by atoms with E-state index in [1.807, 2.05) is 60.4 Å². The van der Waals surface area contributed by atoms with Gasteiger partial charge in [-0.25, -0.2) is 4.68 Å². The van der Waals surface area contributed by atoms with Crippen molar-refractivity contribution in [2.45, 2.75) is 6.92 Å². The fourth-order valence-electron chi connectivity index (χ4n) is 3.44. The lowest BCUT2D eigenvalue weighted by Crippen LogP contribution is -2.49. The van der Waals surface area contributed by atoms with Gasteiger partial charge in [-0.15, -0.1) is 0 Å². The number of halogens is 2. The maximum absolute atomic E-state index is 13.2. The van der Waals surface area contributed by atoms with E-state index in [0.29, 0.717) is 23.8 Å².